The fourth-order valence-corrected chi connectivity index (χ4v) is 1.63. The summed E-state index contributed by atoms with van der Waals surface area (Å²) in [6, 6.07) is 7.63. The quantitative estimate of drug-likeness (QED) is 0.887. The summed E-state index contributed by atoms with van der Waals surface area (Å²) < 4.78 is 13.1. The molecule has 0 saturated carbocycles. The Morgan fingerprint density at radius 3 is 2.79 bits per heavy atom. The molecule has 2 aromatic rings. The minimum Gasteiger partial charge on any atom is -0.478 e. The summed E-state index contributed by atoms with van der Waals surface area (Å²) in [6.45, 7) is 2.28. The molecule has 1 aromatic carbocycles. The molecule has 0 aliphatic rings. The lowest BCUT2D eigenvalue weighted by atomic mass is 10.2. The van der Waals surface area contributed by atoms with Crippen LogP contribution < -0.4 is 5.32 Å². The van der Waals surface area contributed by atoms with Gasteiger partial charge < -0.3 is 10.4 Å². The van der Waals surface area contributed by atoms with Gasteiger partial charge in [0.25, 0.3) is 0 Å². The molecule has 0 spiro atoms. The minimum absolute atomic E-state index is 0.144. The molecule has 1 aromatic heterocycles. The van der Waals surface area contributed by atoms with Gasteiger partial charge in [-0.3, -0.25) is 4.98 Å². The van der Waals surface area contributed by atoms with Crippen molar-refractivity contribution in [2.45, 2.75) is 13.5 Å². The third-order valence-corrected chi connectivity index (χ3v) is 2.73. The highest BCUT2D eigenvalue weighted by molar-refractivity contribution is 5.87. The molecular weight excluding hydrogens is 247 g/mol. The van der Waals surface area contributed by atoms with Gasteiger partial charge in [0.15, 0.2) is 0 Å². The van der Waals surface area contributed by atoms with Crippen molar-refractivity contribution in [3.63, 3.8) is 0 Å². The van der Waals surface area contributed by atoms with Crippen LogP contribution in [0.1, 0.15) is 21.6 Å². The molecule has 0 aliphatic carbocycles. The van der Waals surface area contributed by atoms with Gasteiger partial charge in [0, 0.05) is 11.9 Å². The Hall–Kier alpha value is -2.43. The van der Waals surface area contributed by atoms with Crippen LogP contribution in [-0.4, -0.2) is 16.1 Å². The second kappa shape index (κ2) is 5.48. The predicted octanol–water partition coefficient (Wildman–Crippen LogP) is 2.84. The molecule has 0 unspecified atom stereocenters. The third-order valence-electron chi connectivity index (χ3n) is 2.73. The largest absolute Gasteiger partial charge is 0.478 e. The van der Waals surface area contributed by atoms with Gasteiger partial charge in [-0.05, 0) is 36.8 Å². The van der Waals surface area contributed by atoms with Crippen molar-refractivity contribution in [3.05, 3.63) is 59.2 Å². The molecule has 4 nitrogen and oxygen atoms in total. The van der Waals surface area contributed by atoms with E-state index in [1.54, 1.807) is 12.1 Å². The van der Waals surface area contributed by atoms with E-state index in [0.717, 1.165) is 5.56 Å². The number of pyridine rings is 1. The maximum atomic E-state index is 13.1. The number of nitrogens with one attached hydrogen (secondary N) is 1. The summed E-state index contributed by atoms with van der Waals surface area (Å²) in [7, 11) is 0. The normalized spacial score (nSPS) is 10.2. The smallest absolute Gasteiger partial charge is 0.337 e. The zero-order chi connectivity index (χ0) is 13.8. The van der Waals surface area contributed by atoms with Gasteiger partial charge in [0.1, 0.15) is 5.82 Å². The molecule has 98 valence electrons. The van der Waals surface area contributed by atoms with Crippen LogP contribution in [0.25, 0.3) is 0 Å². The first-order valence-corrected chi connectivity index (χ1v) is 5.74. The molecule has 0 amide bonds. The first kappa shape index (κ1) is 13.0. The van der Waals surface area contributed by atoms with Crippen molar-refractivity contribution >= 4 is 11.7 Å². The van der Waals surface area contributed by atoms with E-state index in [4.69, 9.17) is 5.11 Å². The first-order valence-electron chi connectivity index (χ1n) is 5.74. The van der Waals surface area contributed by atoms with E-state index in [2.05, 4.69) is 10.3 Å². The van der Waals surface area contributed by atoms with Gasteiger partial charge in [-0.25, -0.2) is 9.18 Å². The number of halogens is 1. The Bertz CT molecular complexity index is 597. The van der Waals surface area contributed by atoms with Gasteiger partial charge in [-0.15, -0.1) is 0 Å². The lowest BCUT2D eigenvalue weighted by molar-refractivity contribution is 0.0696. The van der Waals surface area contributed by atoms with Crippen LogP contribution in [0.4, 0.5) is 10.1 Å². The molecule has 0 fully saturated rings. The topological polar surface area (TPSA) is 62.2 Å². The summed E-state index contributed by atoms with van der Waals surface area (Å²) in [5, 5.41) is 11.8. The maximum absolute atomic E-state index is 13.1. The Labute approximate surface area is 109 Å². The number of aromatic carboxylic acids is 1. The SMILES string of the molecule is Cc1ccc(F)cc1NCc1ccc(C(=O)O)cn1. The van der Waals surface area contributed by atoms with Crippen LogP contribution in [0.3, 0.4) is 0 Å². The van der Waals surface area contributed by atoms with Crippen LogP contribution in [0.5, 0.6) is 0 Å². The van der Waals surface area contributed by atoms with Crippen molar-refractivity contribution < 1.29 is 14.3 Å². The number of hydrogen-bond acceptors (Lipinski definition) is 3. The molecule has 19 heavy (non-hydrogen) atoms. The lowest BCUT2D eigenvalue weighted by Crippen LogP contribution is -2.05. The maximum Gasteiger partial charge on any atom is 0.337 e. The number of carboxylic acids is 1. The van der Waals surface area contributed by atoms with Gasteiger partial charge in [0.2, 0.25) is 0 Å². The molecule has 1 heterocycles. The summed E-state index contributed by atoms with van der Waals surface area (Å²) in [5.74, 6) is -1.31. The lowest BCUT2D eigenvalue weighted by Gasteiger charge is -2.09. The van der Waals surface area contributed by atoms with Crippen LogP contribution >= 0.6 is 0 Å². The van der Waals surface area contributed by atoms with E-state index >= 15 is 0 Å². The van der Waals surface area contributed by atoms with Crippen molar-refractivity contribution in [2.75, 3.05) is 5.32 Å². The second-order valence-electron chi connectivity index (χ2n) is 4.16. The summed E-state index contributed by atoms with van der Waals surface area (Å²) in [4.78, 5) is 14.7. The molecule has 0 atom stereocenters. The molecular formula is C14H13FN2O2. The summed E-state index contributed by atoms with van der Waals surface area (Å²) in [5.41, 5.74) is 2.46. The monoisotopic (exact) mass is 260 g/mol. The van der Waals surface area contributed by atoms with Crippen LogP contribution in [0.15, 0.2) is 36.5 Å². The standard InChI is InChI=1S/C14H13FN2O2/c1-9-2-4-11(15)6-13(9)17-8-12-5-3-10(7-16-12)14(18)19/h2-7,17H,8H2,1H3,(H,18,19). The van der Waals surface area contributed by atoms with E-state index in [9.17, 15) is 9.18 Å². The number of anilines is 1. The number of carbonyl (C=O) groups is 1. The van der Waals surface area contributed by atoms with Crippen LogP contribution in [0, 0.1) is 12.7 Å². The van der Waals surface area contributed by atoms with Crippen molar-refractivity contribution in [2.24, 2.45) is 0 Å². The minimum atomic E-state index is -1.01. The molecule has 5 heteroatoms. The number of nitrogens with zero attached hydrogens (tertiary/aromatic N) is 1. The Balaban J connectivity index is 2.06. The van der Waals surface area contributed by atoms with Crippen LogP contribution in [0.2, 0.25) is 0 Å². The Kier molecular flexibility index (Phi) is 3.75. The highest BCUT2D eigenvalue weighted by Gasteiger charge is 2.04. The zero-order valence-electron chi connectivity index (χ0n) is 10.4. The molecule has 0 bridgehead atoms. The highest BCUT2D eigenvalue weighted by atomic mass is 19.1. The number of rotatable bonds is 4. The van der Waals surface area contributed by atoms with E-state index in [0.29, 0.717) is 17.9 Å². The number of aromatic nitrogens is 1. The van der Waals surface area contributed by atoms with Crippen molar-refractivity contribution in [1.29, 1.82) is 0 Å². The van der Waals surface area contributed by atoms with Gasteiger partial charge in [0.05, 0.1) is 17.8 Å². The second-order valence-corrected chi connectivity index (χ2v) is 4.16. The molecule has 0 aliphatic heterocycles. The first-order chi connectivity index (χ1) is 9.06. The highest BCUT2D eigenvalue weighted by Crippen LogP contribution is 2.16. The predicted molar refractivity (Wildman–Crippen MR) is 69.7 cm³/mol. The van der Waals surface area contributed by atoms with Crippen molar-refractivity contribution in [3.8, 4) is 0 Å². The third kappa shape index (κ3) is 3.28. The average molecular weight is 260 g/mol. The Morgan fingerprint density at radius 2 is 2.16 bits per heavy atom. The summed E-state index contributed by atoms with van der Waals surface area (Å²) >= 11 is 0. The molecule has 0 saturated heterocycles. The van der Waals surface area contributed by atoms with Gasteiger partial charge in [-0.2, -0.15) is 0 Å². The van der Waals surface area contributed by atoms with Crippen molar-refractivity contribution in [1.82, 2.24) is 4.98 Å². The van der Waals surface area contributed by atoms with E-state index in [1.807, 2.05) is 6.92 Å². The number of hydrogen-bond donors (Lipinski definition) is 2. The number of carboxylic acid groups (broad SMARTS) is 1. The number of benzene rings is 1. The Morgan fingerprint density at radius 1 is 1.37 bits per heavy atom. The summed E-state index contributed by atoms with van der Waals surface area (Å²) in [6.07, 6.45) is 1.30. The average Bonchev–Trinajstić information content (AvgIpc) is 2.40. The van der Waals surface area contributed by atoms with E-state index < -0.39 is 5.97 Å². The number of aryl methyl sites for hydroxylation is 1. The fraction of sp³-hybridized carbons (Fsp3) is 0.143. The van der Waals surface area contributed by atoms with E-state index in [1.165, 1.54) is 24.4 Å². The van der Waals surface area contributed by atoms with Gasteiger partial charge in [-0.1, -0.05) is 6.07 Å². The van der Waals surface area contributed by atoms with E-state index in [-0.39, 0.29) is 11.4 Å². The molecule has 2 rings (SSSR count). The zero-order valence-corrected chi connectivity index (χ0v) is 10.4. The van der Waals surface area contributed by atoms with Crippen LogP contribution in [-0.2, 0) is 6.54 Å². The fourth-order valence-electron chi connectivity index (χ4n) is 1.63. The van der Waals surface area contributed by atoms with Gasteiger partial charge >= 0.3 is 5.97 Å². The molecule has 2 N–H and O–H groups in total. The molecule has 0 radical (unpaired) electrons.